The number of hydrogen-bond donors (Lipinski definition) is 8. The van der Waals surface area contributed by atoms with Gasteiger partial charge < -0.3 is 43.2 Å². The number of rotatable bonds is 17. The van der Waals surface area contributed by atoms with Crippen molar-refractivity contribution in [2.45, 2.75) is 76.5 Å². The van der Waals surface area contributed by atoms with E-state index in [9.17, 15) is 29.1 Å². The van der Waals surface area contributed by atoms with Gasteiger partial charge in [-0.05, 0) is 56.2 Å². The number of para-hydroxylation sites is 1. The number of benzene rings is 1. The fraction of sp³-hybridized carbons (Fsp3) is 0.519. The number of amides is 4. The van der Waals surface area contributed by atoms with E-state index in [4.69, 9.17) is 17.2 Å². The summed E-state index contributed by atoms with van der Waals surface area (Å²) in [6.07, 6.45) is 2.90. The Labute approximate surface area is 233 Å². The van der Waals surface area contributed by atoms with Gasteiger partial charge in [0.05, 0.1) is 6.04 Å². The molecule has 40 heavy (non-hydrogen) atoms. The van der Waals surface area contributed by atoms with Gasteiger partial charge in [0, 0.05) is 23.5 Å². The van der Waals surface area contributed by atoms with E-state index in [0.29, 0.717) is 19.4 Å². The van der Waals surface area contributed by atoms with Gasteiger partial charge in [-0.15, -0.1) is 0 Å². The van der Waals surface area contributed by atoms with Crippen LogP contribution < -0.4 is 33.2 Å². The van der Waals surface area contributed by atoms with Crippen molar-refractivity contribution in [3.05, 3.63) is 36.0 Å². The highest BCUT2D eigenvalue weighted by molar-refractivity contribution is 5.94. The number of aromatic nitrogens is 1. The molecule has 2 aromatic rings. The molecule has 13 heteroatoms. The first-order valence-corrected chi connectivity index (χ1v) is 13.4. The van der Waals surface area contributed by atoms with Crippen molar-refractivity contribution in [2.24, 2.45) is 23.1 Å². The number of carboxylic acid groups (broad SMARTS) is 1. The number of carbonyl (C=O) groups excluding carboxylic acids is 4. The number of nitrogens with one attached hydrogen (secondary N) is 4. The maximum atomic E-state index is 13.3. The highest BCUT2D eigenvalue weighted by Gasteiger charge is 2.31. The maximum absolute atomic E-state index is 13.3. The van der Waals surface area contributed by atoms with E-state index < -0.39 is 59.7 Å². The van der Waals surface area contributed by atoms with Gasteiger partial charge in [-0.3, -0.25) is 19.2 Å². The number of hydrogen-bond acceptors (Lipinski definition) is 7. The van der Waals surface area contributed by atoms with Crippen LogP contribution in [0.4, 0.5) is 0 Å². The molecular weight excluding hydrogens is 518 g/mol. The standard InChI is InChI=1S/C27H41N7O6/c1-15(2)23(27(39)40)34-26(38)20(9-5-6-12-28)33-25(37)21(10-11-22(30)35)32-24(36)18(29)13-16-14-31-19-8-4-3-7-17(16)19/h3-4,7-8,14-15,18,20-21,23,31H,5-6,9-13,28-29H2,1-2H3,(H2,30,35)(H,32,36)(H,33,37)(H,34,38)(H,39,40). The molecule has 1 heterocycles. The summed E-state index contributed by atoms with van der Waals surface area (Å²) in [5.41, 5.74) is 18.7. The van der Waals surface area contributed by atoms with Gasteiger partial charge in [-0.2, -0.15) is 0 Å². The van der Waals surface area contributed by atoms with Crippen LogP contribution in [0.2, 0.25) is 0 Å². The van der Waals surface area contributed by atoms with Crippen LogP contribution in [0.25, 0.3) is 10.9 Å². The Balaban J connectivity index is 2.16. The van der Waals surface area contributed by atoms with Gasteiger partial charge >= 0.3 is 5.97 Å². The minimum absolute atomic E-state index is 0.117. The van der Waals surface area contributed by atoms with E-state index >= 15 is 0 Å². The number of nitrogens with two attached hydrogens (primary N) is 3. The van der Waals surface area contributed by atoms with E-state index in [1.165, 1.54) is 0 Å². The monoisotopic (exact) mass is 559 g/mol. The molecular formula is C27H41N7O6. The zero-order valence-electron chi connectivity index (χ0n) is 22.9. The Bertz CT molecular complexity index is 1180. The number of fused-ring (bicyclic) bond motifs is 1. The summed E-state index contributed by atoms with van der Waals surface area (Å²) in [6, 6.07) is 3.09. The molecule has 0 spiro atoms. The van der Waals surface area contributed by atoms with Gasteiger partial charge in [0.2, 0.25) is 23.6 Å². The molecule has 4 unspecified atom stereocenters. The number of carbonyl (C=O) groups is 5. The molecule has 0 radical (unpaired) electrons. The van der Waals surface area contributed by atoms with Crippen molar-refractivity contribution in [3.63, 3.8) is 0 Å². The Morgan fingerprint density at radius 2 is 1.55 bits per heavy atom. The summed E-state index contributed by atoms with van der Waals surface area (Å²) in [5, 5.41) is 18.0. The number of unbranched alkanes of at least 4 members (excludes halogenated alkanes) is 1. The van der Waals surface area contributed by atoms with Crippen LogP contribution >= 0.6 is 0 Å². The SMILES string of the molecule is CC(C)C(NC(=O)C(CCCCN)NC(=O)C(CCC(N)=O)NC(=O)C(N)Cc1c[nH]c2ccccc12)C(=O)O. The smallest absolute Gasteiger partial charge is 0.326 e. The molecule has 0 fully saturated rings. The lowest BCUT2D eigenvalue weighted by Crippen LogP contribution is -2.57. The van der Waals surface area contributed by atoms with Crippen LogP contribution in [0, 0.1) is 5.92 Å². The summed E-state index contributed by atoms with van der Waals surface area (Å²) in [4.78, 5) is 65.4. The topological polar surface area (TPSA) is 236 Å². The second kappa shape index (κ2) is 15.6. The highest BCUT2D eigenvalue weighted by atomic mass is 16.4. The van der Waals surface area contributed by atoms with Gasteiger partial charge in [0.25, 0.3) is 0 Å². The number of aliphatic carboxylic acids is 1. The molecule has 1 aromatic carbocycles. The Morgan fingerprint density at radius 3 is 2.17 bits per heavy atom. The molecule has 0 saturated heterocycles. The van der Waals surface area contributed by atoms with Crippen molar-refractivity contribution < 1.29 is 29.1 Å². The zero-order valence-corrected chi connectivity index (χ0v) is 22.9. The van der Waals surface area contributed by atoms with Gasteiger partial charge in [-0.1, -0.05) is 32.0 Å². The number of aromatic amines is 1. The molecule has 220 valence electrons. The second-order valence-corrected chi connectivity index (χ2v) is 10.2. The lowest BCUT2D eigenvalue weighted by Gasteiger charge is -2.26. The second-order valence-electron chi connectivity index (χ2n) is 10.2. The third kappa shape index (κ3) is 9.65. The Kier molecular flexibility index (Phi) is 12.6. The normalized spacial score (nSPS) is 14.2. The summed E-state index contributed by atoms with van der Waals surface area (Å²) in [7, 11) is 0. The molecule has 0 aliphatic heterocycles. The average molecular weight is 560 g/mol. The van der Waals surface area contributed by atoms with Crippen molar-refractivity contribution in [3.8, 4) is 0 Å². The molecule has 11 N–H and O–H groups in total. The molecule has 4 atom stereocenters. The van der Waals surface area contributed by atoms with Crippen LogP contribution in [-0.2, 0) is 30.4 Å². The molecule has 0 bridgehead atoms. The van der Waals surface area contributed by atoms with Gasteiger partial charge in [0.1, 0.15) is 18.1 Å². The van der Waals surface area contributed by atoms with Crippen LogP contribution in [0.5, 0.6) is 0 Å². The third-order valence-corrected chi connectivity index (χ3v) is 6.57. The molecule has 0 saturated carbocycles. The van der Waals surface area contributed by atoms with Gasteiger partial charge in [-0.25, -0.2) is 4.79 Å². The lowest BCUT2D eigenvalue weighted by atomic mass is 10.0. The number of carboxylic acids is 1. The predicted octanol–water partition coefficient (Wildman–Crippen LogP) is -0.373. The highest BCUT2D eigenvalue weighted by Crippen LogP contribution is 2.19. The van der Waals surface area contributed by atoms with Crippen LogP contribution in [0.3, 0.4) is 0 Å². The minimum atomic E-state index is -1.21. The molecule has 4 amide bonds. The van der Waals surface area contributed by atoms with Crippen LogP contribution in [-0.4, -0.2) is 70.4 Å². The molecule has 0 aliphatic carbocycles. The van der Waals surface area contributed by atoms with Gasteiger partial charge in [0.15, 0.2) is 0 Å². The van der Waals surface area contributed by atoms with Crippen molar-refractivity contribution in [1.82, 2.24) is 20.9 Å². The maximum Gasteiger partial charge on any atom is 0.326 e. The quantitative estimate of drug-likeness (QED) is 0.119. The molecule has 13 nitrogen and oxygen atoms in total. The fourth-order valence-corrected chi connectivity index (χ4v) is 4.27. The number of primary amides is 1. The van der Waals surface area contributed by atoms with E-state index in [1.54, 1.807) is 20.0 Å². The average Bonchev–Trinajstić information content (AvgIpc) is 3.30. The summed E-state index contributed by atoms with van der Waals surface area (Å²) in [6.45, 7) is 3.67. The number of H-pyrrole nitrogens is 1. The van der Waals surface area contributed by atoms with E-state index in [-0.39, 0.29) is 25.7 Å². The van der Waals surface area contributed by atoms with Crippen LogP contribution in [0.15, 0.2) is 30.5 Å². The summed E-state index contributed by atoms with van der Waals surface area (Å²) >= 11 is 0. The van der Waals surface area contributed by atoms with Crippen LogP contribution in [0.1, 0.15) is 51.5 Å². The predicted molar refractivity (Wildman–Crippen MR) is 150 cm³/mol. The van der Waals surface area contributed by atoms with Crippen molar-refractivity contribution in [2.75, 3.05) is 6.54 Å². The fourth-order valence-electron chi connectivity index (χ4n) is 4.27. The molecule has 1 aromatic heterocycles. The molecule has 0 aliphatic rings. The lowest BCUT2D eigenvalue weighted by molar-refractivity contribution is -0.143. The van der Waals surface area contributed by atoms with E-state index in [1.807, 2.05) is 24.3 Å². The molecule has 2 rings (SSSR count). The first-order chi connectivity index (χ1) is 18.9. The minimum Gasteiger partial charge on any atom is -0.480 e. The zero-order chi connectivity index (χ0) is 29.8. The van der Waals surface area contributed by atoms with Crippen molar-refractivity contribution in [1.29, 1.82) is 0 Å². The Hall–Kier alpha value is -3.97. The first kappa shape index (κ1) is 32.2. The largest absolute Gasteiger partial charge is 0.480 e. The first-order valence-electron chi connectivity index (χ1n) is 13.4. The summed E-state index contributed by atoms with van der Waals surface area (Å²) in [5.74, 6) is -4.30. The third-order valence-electron chi connectivity index (χ3n) is 6.57. The van der Waals surface area contributed by atoms with E-state index in [0.717, 1.165) is 16.5 Å². The van der Waals surface area contributed by atoms with E-state index in [2.05, 4.69) is 20.9 Å². The Morgan fingerprint density at radius 1 is 0.925 bits per heavy atom. The van der Waals surface area contributed by atoms with Crippen molar-refractivity contribution >= 4 is 40.5 Å². The summed E-state index contributed by atoms with van der Waals surface area (Å²) < 4.78 is 0.